The maximum Gasteiger partial charge on any atom is 0.412 e. The van der Waals surface area contributed by atoms with Crippen molar-refractivity contribution in [1.29, 1.82) is 0 Å². The van der Waals surface area contributed by atoms with Crippen LogP contribution >= 0.6 is 0 Å². The summed E-state index contributed by atoms with van der Waals surface area (Å²) in [5.74, 6) is 0. The minimum absolute atomic E-state index is 0.472. The van der Waals surface area contributed by atoms with Gasteiger partial charge in [-0.15, -0.1) is 0 Å². The number of carbonyl (C=O) groups excluding carboxylic acids is 1. The number of amides is 1. The zero-order valence-corrected chi connectivity index (χ0v) is 13.0. The van der Waals surface area contributed by atoms with E-state index in [4.69, 9.17) is 4.74 Å². The zero-order chi connectivity index (χ0) is 16.0. The van der Waals surface area contributed by atoms with Gasteiger partial charge in [0.1, 0.15) is 11.9 Å². The van der Waals surface area contributed by atoms with Crippen LogP contribution < -0.4 is 10.6 Å². The van der Waals surface area contributed by atoms with Crippen molar-refractivity contribution >= 4 is 17.5 Å². The molecule has 2 rings (SSSR count). The molecule has 116 valence electrons. The van der Waals surface area contributed by atoms with Gasteiger partial charge in [-0.25, -0.2) is 14.8 Å². The number of hydrogen-bond donors (Lipinski definition) is 2. The van der Waals surface area contributed by atoms with Crippen molar-refractivity contribution in [3.05, 3.63) is 48.5 Å². The van der Waals surface area contributed by atoms with Crippen LogP contribution in [0.5, 0.6) is 0 Å². The van der Waals surface area contributed by atoms with E-state index in [-0.39, 0.29) is 0 Å². The first kappa shape index (κ1) is 15.8. The molecule has 1 aromatic heterocycles. The van der Waals surface area contributed by atoms with Crippen molar-refractivity contribution in [2.45, 2.75) is 32.9 Å². The summed E-state index contributed by atoms with van der Waals surface area (Å²) in [4.78, 5) is 19.8. The van der Waals surface area contributed by atoms with Crippen molar-refractivity contribution < 1.29 is 9.53 Å². The van der Waals surface area contributed by atoms with Gasteiger partial charge in [-0.05, 0) is 45.0 Å². The molecule has 0 saturated heterocycles. The van der Waals surface area contributed by atoms with Gasteiger partial charge in [0.05, 0.1) is 12.2 Å². The summed E-state index contributed by atoms with van der Waals surface area (Å²) in [6.45, 7) is 6.06. The number of carbonyl (C=O) groups is 1. The fourth-order valence-corrected chi connectivity index (χ4v) is 1.74. The van der Waals surface area contributed by atoms with E-state index in [2.05, 4.69) is 20.6 Å². The third kappa shape index (κ3) is 5.40. The molecule has 6 heteroatoms. The SMILES string of the molecule is CC(C)(C)OC(=O)Nc1cccc(NCc2ccncn2)c1. The Labute approximate surface area is 129 Å². The van der Waals surface area contributed by atoms with E-state index in [1.54, 1.807) is 12.3 Å². The predicted molar refractivity (Wildman–Crippen MR) is 85.7 cm³/mol. The number of hydrogen-bond acceptors (Lipinski definition) is 5. The largest absolute Gasteiger partial charge is 0.444 e. The molecular weight excluding hydrogens is 280 g/mol. The second-order valence-corrected chi connectivity index (χ2v) is 5.76. The second kappa shape index (κ2) is 6.89. The fourth-order valence-electron chi connectivity index (χ4n) is 1.74. The van der Waals surface area contributed by atoms with Gasteiger partial charge in [0, 0.05) is 17.6 Å². The number of ether oxygens (including phenoxy) is 1. The highest BCUT2D eigenvalue weighted by Crippen LogP contribution is 2.17. The molecule has 1 heterocycles. The van der Waals surface area contributed by atoms with Gasteiger partial charge in [0.2, 0.25) is 0 Å². The lowest BCUT2D eigenvalue weighted by Gasteiger charge is -2.19. The predicted octanol–water partition coefficient (Wildman–Crippen LogP) is 3.44. The smallest absolute Gasteiger partial charge is 0.412 e. The average Bonchev–Trinajstić information content (AvgIpc) is 2.44. The van der Waals surface area contributed by atoms with E-state index in [1.807, 2.05) is 45.0 Å². The molecule has 0 unspecified atom stereocenters. The summed E-state index contributed by atoms with van der Waals surface area (Å²) in [5, 5.41) is 5.95. The van der Waals surface area contributed by atoms with Crippen molar-refractivity contribution in [3.63, 3.8) is 0 Å². The Kier molecular flexibility index (Phi) is 4.93. The van der Waals surface area contributed by atoms with Crippen molar-refractivity contribution in [1.82, 2.24) is 9.97 Å². The molecule has 2 N–H and O–H groups in total. The van der Waals surface area contributed by atoms with Crippen LogP contribution in [-0.4, -0.2) is 21.7 Å². The molecule has 2 aromatic rings. The molecule has 1 aromatic carbocycles. The lowest BCUT2D eigenvalue weighted by atomic mass is 10.2. The van der Waals surface area contributed by atoms with Gasteiger partial charge in [-0.3, -0.25) is 5.32 Å². The first-order chi connectivity index (χ1) is 10.4. The standard InChI is InChI=1S/C16H20N4O2/c1-16(2,3)22-15(21)20-13-6-4-5-12(9-13)18-10-14-7-8-17-11-19-14/h4-9,11,18H,10H2,1-3H3,(H,20,21). The number of nitrogens with zero attached hydrogens (tertiary/aromatic N) is 2. The minimum atomic E-state index is -0.521. The van der Waals surface area contributed by atoms with E-state index < -0.39 is 11.7 Å². The van der Waals surface area contributed by atoms with Crippen LogP contribution in [0.25, 0.3) is 0 Å². The van der Waals surface area contributed by atoms with E-state index in [0.29, 0.717) is 12.2 Å². The Morgan fingerprint density at radius 1 is 1.23 bits per heavy atom. The molecule has 6 nitrogen and oxygen atoms in total. The van der Waals surface area contributed by atoms with E-state index in [9.17, 15) is 4.79 Å². The van der Waals surface area contributed by atoms with Crippen LogP contribution in [0.15, 0.2) is 42.9 Å². The van der Waals surface area contributed by atoms with Gasteiger partial charge in [-0.1, -0.05) is 6.07 Å². The topological polar surface area (TPSA) is 76.1 Å². The summed E-state index contributed by atoms with van der Waals surface area (Å²) >= 11 is 0. The summed E-state index contributed by atoms with van der Waals surface area (Å²) in [7, 11) is 0. The Balaban J connectivity index is 1.94. The summed E-state index contributed by atoms with van der Waals surface area (Å²) in [5.41, 5.74) is 1.92. The summed E-state index contributed by atoms with van der Waals surface area (Å²) < 4.78 is 5.22. The van der Waals surface area contributed by atoms with Crippen LogP contribution in [-0.2, 0) is 11.3 Å². The third-order valence-electron chi connectivity index (χ3n) is 2.62. The Morgan fingerprint density at radius 2 is 2.00 bits per heavy atom. The maximum absolute atomic E-state index is 11.7. The van der Waals surface area contributed by atoms with E-state index in [0.717, 1.165) is 11.4 Å². The second-order valence-electron chi connectivity index (χ2n) is 5.76. The van der Waals surface area contributed by atoms with Gasteiger partial charge >= 0.3 is 6.09 Å². The van der Waals surface area contributed by atoms with Crippen LogP contribution in [0.3, 0.4) is 0 Å². The fraction of sp³-hybridized carbons (Fsp3) is 0.312. The van der Waals surface area contributed by atoms with Crippen molar-refractivity contribution in [3.8, 4) is 0 Å². The zero-order valence-electron chi connectivity index (χ0n) is 13.0. The van der Waals surface area contributed by atoms with Crippen molar-refractivity contribution in [2.75, 3.05) is 10.6 Å². The maximum atomic E-state index is 11.7. The van der Waals surface area contributed by atoms with E-state index >= 15 is 0 Å². The number of benzene rings is 1. The number of rotatable bonds is 4. The Morgan fingerprint density at radius 3 is 2.68 bits per heavy atom. The molecule has 0 radical (unpaired) electrons. The molecule has 0 spiro atoms. The molecule has 0 saturated carbocycles. The van der Waals surface area contributed by atoms with Crippen molar-refractivity contribution in [2.24, 2.45) is 0 Å². The molecule has 0 aliphatic heterocycles. The van der Waals surface area contributed by atoms with Gasteiger partial charge in [0.25, 0.3) is 0 Å². The van der Waals surface area contributed by atoms with Crippen LogP contribution in [0.4, 0.5) is 16.2 Å². The molecule has 1 amide bonds. The molecule has 0 fully saturated rings. The van der Waals surface area contributed by atoms with Crippen LogP contribution in [0.2, 0.25) is 0 Å². The Bertz CT molecular complexity index is 624. The third-order valence-corrected chi connectivity index (χ3v) is 2.62. The first-order valence-corrected chi connectivity index (χ1v) is 7.01. The van der Waals surface area contributed by atoms with E-state index in [1.165, 1.54) is 6.33 Å². The highest BCUT2D eigenvalue weighted by atomic mass is 16.6. The summed E-state index contributed by atoms with van der Waals surface area (Å²) in [6, 6.07) is 9.26. The van der Waals surface area contributed by atoms with Gasteiger partial charge in [0.15, 0.2) is 0 Å². The molecule has 0 bridgehead atoms. The number of nitrogens with one attached hydrogen (secondary N) is 2. The monoisotopic (exact) mass is 300 g/mol. The molecule has 22 heavy (non-hydrogen) atoms. The number of anilines is 2. The summed E-state index contributed by atoms with van der Waals surface area (Å²) in [6.07, 6.45) is 2.74. The Hall–Kier alpha value is -2.63. The average molecular weight is 300 g/mol. The lowest BCUT2D eigenvalue weighted by molar-refractivity contribution is 0.0636. The molecule has 0 aliphatic rings. The number of aromatic nitrogens is 2. The van der Waals surface area contributed by atoms with Gasteiger partial charge in [-0.2, -0.15) is 0 Å². The molecular formula is C16H20N4O2. The molecule has 0 atom stereocenters. The quantitative estimate of drug-likeness (QED) is 0.904. The first-order valence-electron chi connectivity index (χ1n) is 7.01. The van der Waals surface area contributed by atoms with Gasteiger partial charge < -0.3 is 10.1 Å². The van der Waals surface area contributed by atoms with Crippen LogP contribution in [0, 0.1) is 0 Å². The minimum Gasteiger partial charge on any atom is -0.444 e. The lowest BCUT2D eigenvalue weighted by Crippen LogP contribution is -2.27. The highest BCUT2D eigenvalue weighted by Gasteiger charge is 2.16. The normalized spacial score (nSPS) is 10.9. The molecule has 0 aliphatic carbocycles. The highest BCUT2D eigenvalue weighted by molar-refractivity contribution is 5.85. The van der Waals surface area contributed by atoms with Crippen LogP contribution in [0.1, 0.15) is 26.5 Å².